The van der Waals surface area contributed by atoms with E-state index in [1.807, 2.05) is 4.83 Å². The molecule has 0 saturated carbocycles. The number of hydrogen-bond donors (Lipinski definition) is 3. The topological polar surface area (TPSA) is 84.2 Å². The molecule has 1 aromatic carbocycles. The molecule has 0 aliphatic rings. The Balaban J connectivity index is 2.87. The molecule has 0 bridgehead atoms. The minimum atomic E-state index is -3.60. The van der Waals surface area contributed by atoms with Crippen molar-refractivity contribution in [1.29, 1.82) is 0 Å². The highest BCUT2D eigenvalue weighted by molar-refractivity contribution is 14.1. The second kappa shape index (κ2) is 5.05. The molecule has 0 aliphatic carbocycles. The Morgan fingerprint density at radius 2 is 1.87 bits per heavy atom. The van der Waals surface area contributed by atoms with Gasteiger partial charge in [0.05, 0.1) is 4.90 Å². The lowest BCUT2D eigenvalue weighted by Gasteiger charge is -2.07. The molecule has 0 atom stereocenters. The summed E-state index contributed by atoms with van der Waals surface area (Å²) in [5, 5.41) is -0.135. The van der Waals surface area contributed by atoms with Crippen molar-refractivity contribution >= 4 is 49.9 Å². The Labute approximate surface area is 107 Å². The van der Waals surface area contributed by atoms with Crippen LogP contribution < -0.4 is 16.0 Å². The SMILES string of the molecule is NC(=S)NNS(=O)(=O)c1ccc(I)cc1. The number of hydrazine groups is 1. The van der Waals surface area contributed by atoms with Gasteiger partial charge in [-0.3, -0.25) is 5.43 Å². The number of nitrogens with one attached hydrogen (secondary N) is 2. The zero-order valence-electron chi connectivity index (χ0n) is 7.40. The van der Waals surface area contributed by atoms with Gasteiger partial charge >= 0.3 is 0 Å². The molecule has 0 radical (unpaired) electrons. The summed E-state index contributed by atoms with van der Waals surface area (Å²) in [4.78, 5) is 2.19. The van der Waals surface area contributed by atoms with Gasteiger partial charge in [0.25, 0.3) is 10.0 Å². The number of benzene rings is 1. The molecule has 82 valence electrons. The lowest BCUT2D eigenvalue weighted by molar-refractivity contribution is 0.577. The first-order valence-electron chi connectivity index (χ1n) is 3.74. The van der Waals surface area contributed by atoms with Crippen LogP contribution in [0.15, 0.2) is 29.2 Å². The van der Waals surface area contributed by atoms with E-state index in [1.54, 1.807) is 12.1 Å². The maximum atomic E-state index is 11.6. The Morgan fingerprint density at radius 3 is 2.33 bits per heavy atom. The first-order valence-corrected chi connectivity index (χ1v) is 6.71. The van der Waals surface area contributed by atoms with E-state index in [1.165, 1.54) is 12.1 Å². The van der Waals surface area contributed by atoms with Gasteiger partial charge in [-0.05, 0) is 59.1 Å². The van der Waals surface area contributed by atoms with Crippen molar-refractivity contribution in [2.75, 3.05) is 0 Å². The largest absolute Gasteiger partial charge is 0.375 e. The van der Waals surface area contributed by atoms with Crippen molar-refractivity contribution < 1.29 is 8.42 Å². The van der Waals surface area contributed by atoms with Crippen LogP contribution in [0.25, 0.3) is 0 Å². The molecular weight excluding hydrogens is 349 g/mol. The summed E-state index contributed by atoms with van der Waals surface area (Å²) >= 11 is 6.56. The Bertz CT molecular complexity index is 458. The zero-order valence-corrected chi connectivity index (χ0v) is 11.2. The van der Waals surface area contributed by atoms with E-state index >= 15 is 0 Å². The minimum absolute atomic E-state index is 0.135. The molecule has 0 amide bonds. The second-order valence-corrected chi connectivity index (χ2v) is 5.92. The van der Waals surface area contributed by atoms with Gasteiger partial charge in [-0.25, -0.2) is 8.42 Å². The molecule has 15 heavy (non-hydrogen) atoms. The van der Waals surface area contributed by atoms with Crippen LogP contribution in [0.3, 0.4) is 0 Å². The smallest absolute Gasteiger partial charge is 0.257 e. The first-order chi connectivity index (χ1) is 6.92. The van der Waals surface area contributed by atoms with Crippen LogP contribution >= 0.6 is 34.8 Å². The molecule has 1 aromatic rings. The van der Waals surface area contributed by atoms with Crippen molar-refractivity contribution in [3.05, 3.63) is 27.8 Å². The number of rotatable bonds is 3. The number of thiocarbonyl (C=S) groups is 1. The summed E-state index contributed by atoms with van der Waals surface area (Å²) in [7, 11) is -3.60. The van der Waals surface area contributed by atoms with Crippen molar-refractivity contribution in [2.24, 2.45) is 5.73 Å². The molecule has 1 rings (SSSR count). The summed E-state index contributed by atoms with van der Waals surface area (Å²) in [6.07, 6.45) is 0. The van der Waals surface area contributed by atoms with E-state index in [4.69, 9.17) is 5.73 Å². The van der Waals surface area contributed by atoms with Crippen LogP contribution in [0.4, 0.5) is 0 Å². The van der Waals surface area contributed by atoms with Crippen molar-refractivity contribution in [2.45, 2.75) is 4.90 Å². The maximum absolute atomic E-state index is 11.6. The van der Waals surface area contributed by atoms with Crippen LogP contribution in [0.1, 0.15) is 0 Å². The van der Waals surface area contributed by atoms with Crippen molar-refractivity contribution in [3.8, 4) is 0 Å². The fourth-order valence-electron chi connectivity index (χ4n) is 0.790. The minimum Gasteiger partial charge on any atom is -0.375 e. The van der Waals surface area contributed by atoms with E-state index in [0.29, 0.717) is 0 Å². The van der Waals surface area contributed by atoms with Crippen LogP contribution in [0.2, 0.25) is 0 Å². The average molecular weight is 357 g/mol. The molecule has 0 heterocycles. The first kappa shape index (κ1) is 12.6. The van der Waals surface area contributed by atoms with Crippen LogP contribution in [-0.4, -0.2) is 13.5 Å². The van der Waals surface area contributed by atoms with Gasteiger partial charge in [0.15, 0.2) is 5.11 Å². The van der Waals surface area contributed by atoms with E-state index in [-0.39, 0.29) is 10.0 Å². The quantitative estimate of drug-likeness (QED) is 0.412. The van der Waals surface area contributed by atoms with E-state index in [9.17, 15) is 8.42 Å². The average Bonchev–Trinajstić information content (AvgIpc) is 2.16. The monoisotopic (exact) mass is 357 g/mol. The van der Waals surface area contributed by atoms with Gasteiger partial charge in [0, 0.05) is 3.57 Å². The van der Waals surface area contributed by atoms with E-state index < -0.39 is 10.0 Å². The summed E-state index contributed by atoms with van der Waals surface area (Å²) in [6.45, 7) is 0. The molecule has 4 N–H and O–H groups in total. The summed E-state index contributed by atoms with van der Waals surface area (Å²) in [5.41, 5.74) is 7.26. The third-order valence-electron chi connectivity index (χ3n) is 1.43. The predicted octanol–water partition coefficient (Wildman–Crippen LogP) is 0.318. The summed E-state index contributed by atoms with van der Waals surface area (Å²) < 4.78 is 24.1. The highest BCUT2D eigenvalue weighted by atomic mass is 127. The fraction of sp³-hybridized carbons (Fsp3) is 0. The normalized spacial score (nSPS) is 11.0. The fourth-order valence-corrected chi connectivity index (χ4v) is 2.12. The summed E-state index contributed by atoms with van der Waals surface area (Å²) in [5.74, 6) is 0. The van der Waals surface area contributed by atoms with Gasteiger partial charge < -0.3 is 5.73 Å². The molecule has 0 aliphatic heterocycles. The van der Waals surface area contributed by atoms with E-state index in [0.717, 1.165) is 3.57 Å². The Morgan fingerprint density at radius 1 is 1.33 bits per heavy atom. The maximum Gasteiger partial charge on any atom is 0.257 e. The third kappa shape index (κ3) is 3.89. The van der Waals surface area contributed by atoms with Crippen molar-refractivity contribution in [1.82, 2.24) is 10.3 Å². The molecule has 0 unspecified atom stereocenters. The second-order valence-electron chi connectivity index (χ2n) is 2.55. The van der Waals surface area contributed by atoms with Gasteiger partial charge in [-0.15, -0.1) is 4.83 Å². The molecule has 0 fully saturated rings. The highest BCUT2D eigenvalue weighted by Gasteiger charge is 2.12. The van der Waals surface area contributed by atoms with Gasteiger partial charge in [0.2, 0.25) is 0 Å². The van der Waals surface area contributed by atoms with Crippen molar-refractivity contribution in [3.63, 3.8) is 0 Å². The zero-order chi connectivity index (χ0) is 11.5. The van der Waals surface area contributed by atoms with Crippen LogP contribution in [0, 0.1) is 3.57 Å². The van der Waals surface area contributed by atoms with Crippen LogP contribution in [0.5, 0.6) is 0 Å². The number of hydrogen-bond acceptors (Lipinski definition) is 3. The highest BCUT2D eigenvalue weighted by Crippen LogP contribution is 2.11. The number of halogens is 1. The van der Waals surface area contributed by atoms with Crippen LogP contribution in [-0.2, 0) is 10.0 Å². The molecule has 0 aromatic heterocycles. The Hall–Kier alpha value is -0.450. The molecule has 0 saturated heterocycles. The van der Waals surface area contributed by atoms with Gasteiger partial charge in [-0.1, -0.05) is 0 Å². The Kier molecular flexibility index (Phi) is 4.25. The van der Waals surface area contributed by atoms with Gasteiger partial charge in [-0.2, -0.15) is 0 Å². The number of sulfonamides is 1. The molecule has 5 nitrogen and oxygen atoms in total. The standard InChI is InChI=1S/C7H8IN3O2S2/c8-5-1-3-6(4-2-5)15(12,13)11-10-7(9)14/h1-4,11H,(H3,9,10,14). The third-order valence-corrected chi connectivity index (χ3v) is 3.52. The summed E-state index contributed by atoms with van der Waals surface area (Å²) in [6, 6.07) is 6.36. The molecular formula is C7H8IN3O2S2. The number of nitrogens with two attached hydrogens (primary N) is 1. The predicted molar refractivity (Wildman–Crippen MR) is 69.4 cm³/mol. The lowest BCUT2D eigenvalue weighted by Crippen LogP contribution is -2.44. The molecule has 0 spiro atoms. The van der Waals surface area contributed by atoms with E-state index in [2.05, 4.69) is 40.2 Å². The molecule has 8 heteroatoms. The lowest BCUT2D eigenvalue weighted by atomic mass is 10.4. The van der Waals surface area contributed by atoms with Gasteiger partial charge in [0.1, 0.15) is 0 Å².